The molecule has 2 aromatic carbocycles. The molecule has 1 N–H and O–H groups in total. The lowest BCUT2D eigenvalue weighted by Crippen LogP contribution is -2.41. The monoisotopic (exact) mass is 720 g/mol. The number of hydrogen-bond acceptors (Lipinski definition) is 2. The first-order valence-corrected chi connectivity index (χ1v) is 22.0. The van der Waals surface area contributed by atoms with E-state index in [-0.39, 0.29) is 6.17 Å². The molecule has 55 heavy (non-hydrogen) atoms. The second kappa shape index (κ2) is 14.2. The van der Waals surface area contributed by atoms with Crippen molar-refractivity contribution in [3.8, 4) is 0 Å². The van der Waals surface area contributed by atoms with Gasteiger partial charge < -0.3 is 10.2 Å². The summed E-state index contributed by atoms with van der Waals surface area (Å²) in [6, 6.07) is 16.5. The minimum absolute atomic E-state index is 0.204. The lowest BCUT2D eigenvalue weighted by atomic mass is 9.65. The van der Waals surface area contributed by atoms with Crippen molar-refractivity contribution >= 4 is 28.1 Å². The van der Waals surface area contributed by atoms with E-state index in [0.29, 0.717) is 23.7 Å². The average molecular weight is 721 g/mol. The molecule has 11 rings (SSSR count). The van der Waals surface area contributed by atoms with Gasteiger partial charge >= 0.3 is 0 Å². The van der Waals surface area contributed by atoms with Crippen molar-refractivity contribution in [3.05, 3.63) is 160 Å². The van der Waals surface area contributed by atoms with Gasteiger partial charge in [-0.2, -0.15) is 0 Å². The van der Waals surface area contributed by atoms with Crippen LogP contribution in [0.4, 0.5) is 11.4 Å². The van der Waals surface area contributed by atoms with Crippen molar-refractivity contribution in [2.75, 3.05) is 10.2 Å². The molecule has 0 bridgehead atoms. The highest BCUT2D eigenvalue weighted by Crippen LogP contribution is 2.49. The second-order valence-electron chi connectivity index (χ2n) is 17.8. The zero-order valence-corrected chi connectivity index (χ0v) is 32.4. The normalized spacial score (nSPS) is 31.8. The van der Waals surface area contributed by atoms with Gasteiger partial charge in [0, 0.05) is 17.5 Å². The smallest absolute Gasteiger partial charge is 0.111 e. The highest BCUT2D eigenvalue weighted by Gasteiger charge is 2.38. The number of benzene rings is 2. The molecule has 0 aromatic heterocycles. The van der Waals surface area contributed by atoms with E-state index in [0.717, 1.165) is 31.1 Å². The highest BCUT2D eigenvalue weighted by molar-refractivity contribution is 5.89. The van der Waals surface area contributed by atoms with Crippen LogP contribution in [0.1, 0.15) is 95.5 Å². The van der Waals surface area contributed by atoms with Gasteiger partial charge in [0.25, 0.3) is 0 Å². The Kier molecular flexibility index (Phi) is 8.70. The van der Waals surface area contributed by atoms with Crippen LogP contribution < -0.4 is 20.7 Å². The molecule has 0 fully saturated rings. The SMILES string of the molecule is C1=CC(N2c3ccccc3NC2C2C=CC(c3ccc4c(c3)=C(C3=CC5C=CCCC5CC3)C3=CCCCC3C=4C3=CC4CCC=CC4CC3)=CC2)=CCC1. The number of hydrogen-bond donors (Lipinski definition) is 1. The number of fused-ring (bicyclic) bond motifs is 5. The summed E-state index contributed by atoms with van der Waals surface area (Å²) < 4.78 is 0. The van der Waals surface area contributed by atoms with Gasteiger partial charge in [-0.3, -0.25) is 0 Å². The molecule has 2 nitrogen and oxygen atoms in total. The maximum Gasteiger partial charge on any atom is 0.111 e. The van der Waals surface area contributed by atoms with Crippen LogP contribution in [0.2, 0.25) is 0 Å². The number of nitrogens with one attached hydrogen (secondary N) is 1. The van der Waals surface area contributed by atoms with Crippen molar-refractivity contribution in [2.24, 2.45) is 35.5 Å². The Morgan fingerprint density at radius 1 is 0.655 bits per heavy atom. The molecule has 0 saturated heterocycles. The molecule has 7 unspecified atom stereocenters. The molecule has 0 spiro atoms. The van der Waals surface area contributed by atoms with E-state index in [2.05, 4.69) is 132 Å². The average Bonchev–Trinajstić information content (AvgIpc) is 3.65. The minimum atomic E-state index is 0.204. The first-order chi connectivity index (χ1) is 27.3. The molecule has 278 valence electrons. The summed E-state index contributed by atoms with van der Waals surface area (Å²) in [5, 5.41) is 6.98. The Labute approximate surface area is 328 Å². The molecule has 0 radical (unpaired) electrons. The van der Waals surface area contributed by atoms with Crippen LogP contribution in [0.25, 0.3) is 16.7 Å². The van der Waals surface area contributed by atoms with E-state index in [4.69, 9.17) is 0 Å². The van der Waals surface area contributed by atoms with Crippen molar-refractivity contribution in [3.63, 3.8) is 0 Å². The third-order valence-electron chi connectivity index (χ3n) is 14.7. The summed E-state index contributed by atoms with van der Waals surface area (Å²) in [6.45, 7) is 0. The fourth-order valence-corrected chi connectivity index (χ4v) is 12.0. The van der Waals surface area contributed by atoms with Crippen LogP contribution in [0.3, 0.4) is 0 Å². The summed E-state index contributed by atoms with van der Waals surface area (Å²) in [7, 11) is 0. The quantitative estimate of drug-likeness (QED) is 0.309. The number of rotatable bonds is 5. The van der Waals surface area contributed by atoms with Gasteiger partial charge in [-0.15, -0.1) is 0 Å². The van der Waals surface area contributed by atoms with Crippen molar-refractivity contribution in [2.45, 2.75) is 96.1 Å². The number of anilines is 2. The fraction of sp³-hybridized carbons (Fsp3) is 0.396. The molecule has 2 heteroatoms. The number of allylic oxidation sites excluding steroid dienone is 16. The maximum atomic E-state index is 3.93. The van der Waals surface area contributed by atoms with E-state index < -0.39 is 0 Å². The van der Waals surface area contributed by atoms with Gasteiger partial charge in [0.1, 0.15) is 6.17 Å². The third kappa shape index (κ3) is 5.98. The second-order valence-corrected chi connectivity index (χ2v) is 17.8. The molecule has 0 amide bonds. The van der Waals surface area contributed by atoms with E-state index in [9.17, 15) is 0 Å². The minimum Gasteiger partial charge on any atom is -0.363 e. The van der Waals surface area contributed by atoms with Crippen LogP contribution in [-0.2, 0) is 0 Å². The number of nitrogens with zero attached hydrogens (tertiary/aromatic N) is 1. The summed E-state index contributed by atoms with van der Waals surface area (Å²) in [4.78, 5) is 2.56. The van der Waals surface area contributed by atoms with Crippen molar-refractivity contribution in [1.29, 1.82) is 0 Å². The van der Waals surface area contributed by atoms with Gasteiger partial charge in [-0.25, -0.2) is 0 Å². The zero-order valence-electron chi connectivity index (χ0n) is 32.4. The van der Waals surface area contributed by atoms with Crippen molar-refractivity contribution < 1.29 is 0 Å². The molecule has 7 atom stereocenters. The van der Waals surface area contributed by atoms with Crippen LogP contribution >= 0.6 is 0 Å². The Balaban J connectivity index is 1.01. The molecular formula is C53H56N2. The van der Waals surface area contributed by atoms with Gasteiger partial charge in [0.2, 0.25) is 0 Å². The first-order valence-electron chi connectivity index (χ1n) is 22.0. The summed E-state index contributed by atoms with van der Waals surface area (Å²) in [5.41, 5.74) is 14.9. The van der Waals surface area contributed by atoms with Crippen molar-refractivity contribution in [1.82, 2.24) is 0 Å². The largest absolute Gasteiger partial charge is 0.363 e. The van der Waals surface area contributed by atoms with Crippen LogP contribution in [-0.4, -0.2) is 6.17 Å². The predicted molar refractivity (Wildman–Crippen MR) is 231 cm³/mol. The Morgan fingerprint density at radius 2 is 1.58 bits per heavy atom. The van der Waals surface area contributed by atoms with E-state index in [1.807, 2.05) is 0 Å². The summed E-state index contributed by atoms with van der Waals surface area (Å²) in [5.74, 6) is 3.76. The molecule has 9 aliphatic rings. The molecule has 1 aliphatic heterocycles. The topological polar surface area (TPSA) is 15.3 Å². The van der Waals surface area contributed by atoms with Gasteiger partial charge in [0.05, 0.1) is 11.4 Å². The van der Waals surface area contributed by atoms with Gasteiger partial charge in [-0.05, 0) is 187 Å². The predicted octanol–water partition coefficient (Wildman–Crippen LogP) is 11.8. The van der Waals surface area contributed by atoms with E-state index in [1.165, 1.54) is 109 Å². The molecular weight excluding hydrogens is 665 g/mol. The first kappa shape index (κ1) is 33.8. The molecule has 0 saturated carbocycles. The highest BCUT2D eigenvalue weighted by atomic mass is 15.3. The van der Waals surface area contributed by atoms with E-state index in [1.54, 1.807) is 27.9 Å². The number of para-hydroxylation sites is 2. The van der Waals surface area contributed by atoms with Crippen LogP contribution in [0.15, 0.2) is 144 Å². The Hall–Kier alpha value is -4.56. The maximum absolute atomic E-state index is 3.93. The fourth-order valence-electron chi connectivity index (χ4n) is 12.0. The standard InChI is InChI=1S/C53H56N2/c1-2-16-44(17-3-1)55-50-21-11-10-20-49(50)54-53(55)38-26-22-37(23-27-38)41-30-31-47-48(34-41)52(43-29-25-36-13-5-7-15-40(36)33-43)46-19-9-8-18-45(46)51(47)42-28-24-35-12-4-6-14-39(35)32-42/h2,4,7,10-12,15-17,19-23,26,30-36,38-40,45,53-54H,1,3,5-6,8-9,13-14,18,24-25,27-29H2. The van der Waals surface area contributed by atoms with Gasteiger partial charge in [0.15, 0.2) is 0 Å². The Morgan fingerprint density at radius 3 is 2.51 bits per heavy atom. The van der Waals surface area contributed by atoms with Crippen LogP contribution in [0.5, 0.6) is 0 Å². The molecule has 1 heterocycles. The lowest BCUT2D eigenvalue weighted by molar-refractivity contribution is 0.365. The lowest BCUT2D eigenvalue weighted by Gasteiger charge is -2.39. The molecule has 2 aromatic rings. The van der Waals surface area contributed by atoms with Gasteiger partial charge in [-0.1, -0.05) is 97.2 Å². The summed E-state index contributed by atoms with van der Waals surface area (Å²) in [6.07, 6.45) is 50.2. The third-order valence-corrected chi connectivity index (χ3v) is 14.7. The van der Waals surface area contributed by atoms with E-state index >= 15 is 0 Å². The Bertz CT molecular complexity index is 2310. The van der Waals surface area contributed by atoms with Crippen LogP contribution in [0, 0.1) is 35.5 Å². The zero-order chi connectivity index (χ0) is 36.3. The molecule has 8 aliphatic carbocycles. The summed E-state index contributed by atoms with van der Waals surface area (Å²) >= 11 is 0.